The van der Waals surface area contributed by atoms with Gasteiger partial charge in [-0.15, -0.1) is 0 Å². The van der Waals surface area contributed by atoms with Gasteiger partial charge in [0.25, 0.3) is 0 Å². The zero-order valence-electron chi connectivity index (χ0n) is 14.4. The van der Waals surface area contributed by atoms with Crippen molar-refractivity contribution in [3.63, 3.8) is 0 Å². The Bertz CT molecular complexity index is 984. The van der Waals surface area contributed by atoms with Crippen LogP contribution in [-0.2, 0) is 0 Å². The van der Waals surface area contributed by atoms with E-state index in [4.69, 9.17) is 16.3 Å². The Hall–Kier alpha value is -2.55. The predicted octanol–water partition coefficient (Wildman–Crippen LogP) is 8.23. The molecule has 27 heavy (non-hydrogen) atoms. The van der Waals surface area contributed by atoms with Crippen LogP contribution in [0.15, 0.2) is 102 Å². The van der Waals surface area contributed by atoms with Crippen molar-refractivity contribution >= 4 is 27.5 Å². The van der Waals surface area contributed by atoms with Crippen LogP contribution in [0.25, 0.3) is 22.3 Å². The first-order chi connectivity index (χ1) is 13.2. The monoisotopic (exact) mass is 434 g/mol. The number of benzene rings is 4. The lowest BCUT2D eigenvalue weighted by Crippen LogP contribution is -1.90. The van der Waals surface area contributed by atoms with Crippen molar-refractivity contribution in [3.8, 4) is 33.8 Å². The molecule has 0 spiro atoms. The maximum absolute atomic E-state index is 6.34. The van der Waals surface area contributed by atoms with Gasteiger partial charge < -0.3 is 4.74 Å². The second-order valence-electron chi connectivity index (χ2n) is 6.13. The van der Waals surface area contributed by atoms with Gasteiger partial charge in [0.15, 0.2) is 5.75 Å². The second kappa shape index (κ2) is 7.99. The average molecular weight is 436 g/mol. The highest BCUT2D eigenvalue weighted by molar-refractivity contribution is 9.10. The third-order valence-electron chi connectivity index (χ3n) is 4.26. The molecule has 0 unspecified atom stereocenters. The van der Waals surface area contributed by atoms with Crippen molar-refractivity contribution in [2.75, 3.05) is 0 Å². The number of hydrogen-bond acceptors (Lipinski definition) is 1. The molecule has 0 heterocycles. The third kappa shape index (κ3) is 4.08. The Kier molecular flexibility index (Phi) is 5.28. The normalized spacial score (nSPS) is 10.6. The lowest BCUT2D eigenvalue weighted by atomic mass is 9.98. The molecule has 4 aromatic rings. The molecule has 0 fully saturated rings. The maximum atomic E-state index is 6.34. The first-order valence-corrected chi connectivity index (χ1v) is 9.75. The van der Waals surface area contributed by atoms with E-state index in [2.05, 4.69) is 46.3 Å². The van der Waals surface area contributed by atoms with Crippen LogP contribution in [0.3, 0.4) is 0 Å². The van der Waals surface area contributed by atoms with Gasteiger partial charge in [-0.05, 0) is 68.5 Å². The first-order valence-electron chi connectivity index (χ1n) is 8.58. The fourth-order valence-electron chi connectivity index (χ4n) is 2.95. The molecule has 0 atom stereocenters. The molecule has 1 nitrogen and oxygen atoms in total. The minimum Gasteiger partial charge on any atom is -0.455 e. The molecule has 4 rings (SSSR count). The fraction of sp³-hybridized carbons (Fsp3) is 0. The molecule has 0 saturated carbocycles. The van der Waals surface area contributed by atoms with Crippen molar-refractivity contribution in [2.45, 2.75) is 0 Å². The summed E-state index contributed by atoms with van der Waals surface area (Å²) in [5, 5.41) is 0.566. The van der Waals surface area contributed by atoms with Gasteiger partial charge in [-0.2, -0.15) is 0 Å². The highest BCUT2D eigenvalue weighted by Gasteiger charge is 2.11. The molecule has 0 aliphatic heterocycles. The number of ether oxygens (including phenoxy) is 1. The highest BCUT2D eigenvalue weighted by Crippen LogP contribution is 2.39. The van der Waals surface area contributed by atoms with Gasteiger partial charge >= 0.3 is 0 Å². The Morgan fingerprint density at radius 2 is 1.15 bits per heavy atom. The molecule has 0 radical (unpaired) electrons. The molecule has 0 aliphatic rings. The van der Waals surface area contributed by atoms with E-state index in [1.54, 1.807) is 0 Å². The van der Waals surface area contributed by atoms with Gasteiger partial charge in [-0.1, -0.05) is 78.3 Å². The predicted molar refractivity (Wildman–Crippen MR) is 117 cm³/mol. The molecular weight excluding hydrogens is 420 g/mol. The Balaban J connectivity index is 1.83. The molecule has 132 valence electrons. The lowest BCUT2D eigenvalue weighted by Gasteiger charge is -2.13. The average Bonchev–Trinajstić information content (AvgIpc) is 2.72. The van der Waals surface area contributed by atoms with Crippen LogP contribution in [0.4, 0.5) is 0 Å². The van der Waals surface area contributed by atoms with Crippen LogP contribution >= 0.6 is 27.5 Å². The standard InChI is InChI=1S/C24H16BrClO/c25-22-12-7-13-23(26)24(22)27-21-15-19(17-8-3-1-4-9-17)14-20(16-21)18-10-5-2-6-11-18/h1-16H. The molecule has 0 saturated heterocycles. The molecule has 3 heteroatoms. The van der Waals surface area contributed by atoms with Gasteiger partial charge in [-0.3, -0.25) is 0 Å². The smallest absolute Gasteiger partial charge is 0.160 e. The van der Waals surface area contributed by atoms with Gasteiger partial charge in [0, 0.05) is 0 Å². The van der Waals surface area contributed by atoms with E-state index in [9.17, 15) is 0 Å². The number of rotatable bonds is 4. The topological polar surface area (TPSA) is 9.23 Å². The minimum absolute atomic E-state index is 0.566. The largest absolute Gasteiger partial charge is 0.455 e. The van der Waals surface area contributed by atoms with Crippen molar-refractivity contribution < 1.29 is 4.74 Å². The maximum Gasteiger partial charge on any atom is 0.160 e. The summed E-state index contributed by atoms with van der Waals surface area (Å²) in [5.41, 5.74) is 4.46. The summed E-state index contributed by atoms with van der Waals surface area (Å²) in [6.45, 7) is 0. The van der Waals surface area contributed by atoms with Gasteiger partial charge in [-0.25, -0.2) is 0 Å². The van der Waals surface area contributed by atoms with E-state index >= 15 is 0 Å². The molecule has 0 N–H and O–H groups in total. The Labute approximate surface area is 172 Å². The third-order valence-corrected chi connectivity index (χ3v) is 5.18. The van der Waals surface area contributed by atoms with Crippen LogP contribution in [0.2, 0.25) is 5.02 Å². The quantitative estimate of drug-likeness (QED) is 0.314. The van der Waals surface area contributed by atoms with Crippen LogP contribution in [0.1, 0.15) is 0 Å². The highest BCUT2D eigenvalue weighted by atomic mass is 79.9. The number of para-hydroxylation sites is 1. The van der Waals surface area contributed by atoms with E-state index in [1.165, 1.54) is 0 Å². The van der Waals surface area contributed by atoms with Crippen LogP contribution in [-0.4, -0.2) is 0 Å². The summed E-state index contributed by atoms with van der Waals surface area (Å²) in [6.07, 6.45) is 0. The summed E-state index contributed by atoms with van der Waals surface area (Å²) < 4.78 is 7.01. The summed E-state index contributed by atoms with van der Waals surface area (Å²) in [4.78, 5) is 0. The number of halogens is 2. The van der Waals surface area contributed by atoms with E-state index in [0.717, 1.165) is 32.5 Å². The van der Waals surface area contributed by atoms with E-state index < -0.39 is 0 Å². The van der Waals surface area contributed by atoms with Gasteiger partial charge in [0.2, 0.25) is 0 Å². The van der Waals surface area contributed by atoms with E-state index in [1.807, 2.05) is 66.7 Å². The molecule has 0 aliphatic carbocycles. The van der Waals surface area contributed by atoms with Gasteiger partial charge in [0.1, 0.15) is 5.75 Å². The zero-order valence-corrected chi connectivity index (χ0v) is 16.7. The Morgan fingerprint density at radius 1 is 0.593 bits per heavy atom. The van der Waals surface area contributed by atoms with Gasteiger partial charge in [0.05, 0.1) is 9.50 Å². The van der Waals surface area contributed by atoms with Crippen molar-refractivity contribution in [1.82, 2.24) is 0 Å². The summed E-state index contributed by atoms with van der Waals surface area (Å²) in [5.74, 6) is 1.35. The molecule has 0 bridgehead atoms. The fourth-order valence-corrected chi connectivity index (χ4v) is 3.72. The second-order valence-corrected chi connectivity index (χ2v) is 7.39. The van der Waals surface area contributed by atoms with Crippen LogP contribution in [0.5, 0.6) is 11.5 Å². The van der Waals surface area contributed by atoms with Crippen LogP contribution in [0, 0.1) is 0 Å². The minimum atomic E-state index is 0.566. The van der Waals surface area contributed by atoms with Crippen molar-refractivity contribution in [2.24, 2.45) is 0 Å². The molecular formula is C24H16BrClO. The Morgan fingerprint density at radius 3 is 1.67 bits per heavy atom. The first kappa shape index (κ1) is 17.8. The molecule has 0 amide bonds. The SMILES string of the molecule is Clc1cccc(Br)c1Oc1cc(-c2ccccc2)cc(-c2ccccc2)c1. The summed E-state index contributed by atoms with van der Waals surface area (Å²) >= 11 is 9.86. The lowest BCUT2D eigenvalue weighted by molar-refractivity contribution is 0.480. The summed E-state index contributed by atoms with van der Waals surface area (Å²) in [6, 6.07) is 32.4. The van der Waals surface area contributed by atoms with Crippen LogP contribution < -0.4 is 4.74 Å². The zero-order chi connectivity index (χ0) is 18.6. The van der Waals surface area contributed by atoms with Crippen molar-refractivity contribution in [1.29, 1.82) is 0 Å². The van der Waals surface area contributed by atoms with E-state index in [-0.39, 0.29) is 0 Å². The van der Waals surface area contributed by atoms with Crippen molar-refractivity contribution in [3.05, 3.63) is 107 Å². The molecule has 0 aromatic heterocycles. The number of hydrogen-bond donors (Lipinski definition) is 0. The molecule has 4 aromatic carbocycles. The summed E-state index contributed by atoms with van der Waals surface area (Å²) in [7, 11) is 0. The van der Waals surface area contributed by atoms with E-state index in [0.29, 0.717) is 10.8 Å².